The molecule has 0 saturated carbocycles. The average Bonchev–Trinajstić information content (AvgIpc) is 2.74. The van der Waals surface area contributed by atoms with E-state index in [9.17, 15) is 18.4 Å². The van der Waals surface area contributed by atoms with Crippen LogP contribution in [-0.4, -0.2) is 61.4 Å². The molecule has 9 heteroatoms. The Hall–Kier alpha value is -2.55. The smallest absolute Gasteiger partial charge is 0.324 e. The van der Waals surface area contributed by atoms with Gasteiger partial charge >= 0.3 is 6.03 Å². The van der Waals surface area contributed by atoms with E-state index in [0.717, 1.165) is 6.07 Å². The number of urea groups is 1. The Labute approximate surface area is 178 Å². The lowest BCUT2D eigenvalue weighted by Crippen LogP contribution is -2.52. The quantitative estimate of drug-likeness (QED) is 0.731. The third-order valence-corrected chi connectivity index (χ3v) is 5.40. The van der Waals surface area contributed by atoms with Crippen LogP contribution >= 0.6 is 11.6 Å². The summed E-state index contributed by atoms with van der Waals surface area (Å²) < 4.78 is 28.3. The molecule has 0 aromatic heterocycles. The van der Waals surface area contributed by atoms with Crippen LogP contribution in [0.3, 0.4) is 0 Å². The largest absolute Gasteiger partial charge is 0.324 e. The predicted octanol–water partition coefficient (Wildman–Crippen LogP) is 3.13. The number of Topliss-reactive ketones (excluding diaryl/α,β-unsaturated/α-hetero) is 1. The number of nitrogens with two attached hydrogens (primary N) is 1. The summed E-state index contributed by atoms with van der Waals surface area (Å²) in [4.78, 5) is 30.1. The lowest BCUT2D eigenvalue weighted by Gasteiger charge is -2.36. The molecule has 2 aromatic carbocycles. The molecule has 30 heavy (non-hydrogen) atoms. The minimum atomic E-state index is -0.626. The maximum Gasteiger partial charge on any atom is 0.324 e. The fourth-order valence-electron chi connectivity index (χ4n) is 3.23. The summed E-state index contributed by atoms with van der Waals surface area (Å²) in [5, 5.41) is -0.131. The van der Waals surface area contributed by atoms with Gasteiger partial charge in [0.25, 0.3) is 0 Å². The van der Waals surface area contributed by atoms with Crippen molar-refractivity contribution in [3.05, 3.63) is 64.2 Å². The van der Waals surface area contributed by atoms with Gasteiger partial charge in [-0.3, -0.25) is 9.69 Å². The van der Waals surface area contributed by atoms with Gasteiger partial charge in [0.1, 0.15) is 11.6 Å². The molecule has 0 spiro atoms. The zero-order valence-electron chi connectivity index (χ0n) is 16.6. The van der Waals surface area contributed by atoms with Gasteiger partial charge in [-0.1, -0.05) is 23.7 Å². The molecule has 0 unspecified atom stereocenters. The summed E-state index contributed by atoms with van der Waals surface area (Å²) in [6.45, 7) is 2.15. The minimum Gasteiger partial charge on any atom is -0.324 e. The maximum absolute atomic E-state index is 14.7. The first-order chi connectivity index (χ1) is 14.3. The molecule has 3 rings (SSSR count). The molecule has 1 heterocycles. The highest BCUT2D eigenvalue weighted by Gasteiger charge is 2.26. The van der Waals surface area contributed by atoms with Crippen molar-refractivity contribution in [1.29, 1.82) is 0 Å². The van der Waals surface area contributed by atoms with E-state index in [-0.39, 0.29) is 41.1 Å². The van der Waals surface area contributed by atoms with Crippen LogP contribution in [0.5, 0.6) is 0 Å². The number of carbonyl (C=O) groups is 2. The molecule has 0 atom stereocenters. The average molecular weight is 437 g/mol. The van der Waals surface area contributed by atoms with Crippen molar-refractivity contribution in [2.45, 2.75) is 6.54 Å². The van der Waals surface area contributed by atoms with E-state index in [1.165, 1.54) is 35.2 Å². The Morgan fingerprint density at radius 1 is 1.07 bits per heavy atom. The van der Waals surface area contributed by atoms with Crippen LogP contribution in [-0.2, 0) is 6.54 Å². The highest BCUT2D eigenvalue weighted by atomic mass is 35.5. The standard InChI is InChI=1S/C21H23ClF2N4O2/c1-26-6-8-27(9-7-26)21(30)28(16-4-5-18(23)17(22)11-16)13-15-3-2-14(10-19(15)24)20(29)12-25/h2-5,10-11H,6-9,12-13,25H2,1H3. The molecular formula is C21H23ClF2N4O2. The third-order valence-electron chi connectivity index (χ3n) is 5.11. The molecule has 2 amide bonds. The van der Waals surface area contributed by atoms with Gasteiger partial charge in [-0.25, -0.2) is 13.6 Å². The molecular weight excluding hydrogens is 414 g/mol. The first kappa shape index (κ1) is 22.1. The van der Waals surface area contributed by atoms with Crippen molar-refractivity contribution in [3.63, 3.8) is 0 Å². The molecule has 1 aliphatic heterocycles. The Bertz CT molecular complexity index is 949. The van der Waals surface area contributed by atoms with Crippen molar-refractivity contribution < 1.29 is 18.4 Å². The molecule has 1 saturated heterocycles. The molecule has 1 fully saturated rings. The monoisotopic (exact) mass is 436 g/mol. The van der Waals surface area contributed by atoms with E-state index < -0.39 is 11.6 Å². The first-order valence-electron chi connectivity index (χ1n) is 9.52. The molecule has 1 aliphatic rings. The maximum atomic E-state index is 14.7. The Balaban J connectivity index is 1.92. The van der Waals surface area contributed by atoms with Gasteiger partial charge in [0.2, 0.25) is 0 Å². The molecule has 0 radical (unpaired) electrons. The number of halogens is 3. The van der Waals surface area contributed by atoms with E-state index in [1.807, 2.05) is 7.05 Å². The van der Waals surface area contributed by atoms with Crippen LogP contribution in [0.25, 0.3) is 0 Å². The number of rotatable bonds is 5. The predicted molar refractivity (Wildman–Crippen MR) is 112 cm³/mol. The summed E-state index contributed by atoms with van der Waals surface area (Å²) in [5.74, 6) is -1.61. The zero-order chi connectivity index (χ0) is 21.8. The Kier molecular flexibility index (Phi) is 7.02. The van der Waals surface area contributed by atoms with Gasteiger partial charge in [-0.05, 0) is 31.3 Å². The summed E-state index contributed by atoms with van der Waals surface area (Å²) in [6, 6.07) is 7.65. The van der Waals surface area contributed by atoms with Crippen molar-refractivity contribution in [2.24, 2.45) is 5.73 Å². The topological polar surface area (TPSA) is 69.9 Å². The molecule has 0 bridgehead atoms. The van der Waals surface area contributed by atoms with Crippen LogP contribution < -0.4 is 10.6 Å². The highest BCUT2D eigenvalue weighted by Crippen LogP contribution is 2.26. The highest BCUT2D eigenvalue weighted by molar-refractivity contribution is 6.31. The van der Waals surface area contributed by atoms with Crippen molar-refractivity contribution in [2.75, 3.05) is 44.7 Å². The lowest BCUT2D eigenvalue weighted by atomic mass is 10.1. The molecule has 2 N–H and O–H groups in total. The zero-order valence-corrected chi connectivity index (χ0v) is 17.3. The van der Waals surface area contributed by atoms with E-state index in [0.29, 0.717) is 31.9 Å². The molecule has 6 nitrogen and oxygen atoms in total. The number of piperazine rings is 1. The lowest BCUT2D eigenvalue weighted by molar-refractivity contribution is 0.100. The molecule has 2 aromatic rings. The summed E-state index contributed by atoms with van der Waals surface area (Å²) in [5.41, 5.74) is 6.07. The van der Waals surface area contributed by atoms with Crippen molar-refractivity contribution in [3.8, 4) is 0 Å². The summed E-state index contributed by atoms with van der Waals surface area (Å²) in [7, 11) is 1.97. The number of nitrogens with zero attached hydrogens (tertiary/aromatic N) is 3. The normalized spacial score (nSPS) is 14.6. The van der Waals surface area contributed by atoms with Crippen molar-refractivity contribution in [1.82, 2.24) is 9.80 Å². The molecule has 0 aliphatic carbocycles. The van der Waals surface area contributed by atoms with Crippen molar-refractivity contribution >= 4 is 29.1 Å². The van der Waals surface area contributed by atoms with Gasteiger partial charge in [0, 0.05) is 43.0 Å². The van der Waals surface area contributed by atoms with E-state index in [4.69, 9.17) is 17.3 Å². The second-order valence-electron chi connectivity index (χ2n) is 7.19. The number of carbonyl (C=O) groups excluding carboxylic acids is 2. The van der Waals surface area contributed by atoms with E-state index in [2.05, 4.69) is 4.90 Å². The minimum absolute atomic E-state index is 0.101. The number of ketones is 1. The second-order valence-corrected chi connectivity index (χ2v) is 7.60. The number of hydrogen-bond acceptors (Lipinski definition) is 4. The van der Waals surface area contributed by atoms with Gasteiger partial charge in [-0.15, -0.1) is 0 Å². The van der Waals surface area contributed by atoms with E-state index >= 15 is 0 Å². The van der Waals surface area contributed by atoms with Gasteiger partial charge in [-0.2, -0.15) is 0 Å². The second kappa shape index (κ2) is 9.51. The van der Waals surface area contributed by atoms with E-state index in [1.54, 1.807) is 4.90 Å². The number of hydrogen-bond donors (Lipinski definition) is 1. The molecule has 160 valence electrons. The summed E-state index contributed by atoms with van der Waals surface area (Å²) >= 11 is 5.92. The van der Waals surface area contributed by atoms with Crippen LogP contribution in [0.2, 0.25) is 5.02 Å². The fraction of sp³-hybridized carbons (Fsp3) is 0.333. The summed E-state index contributed by atoms with van der Waals surface area (Å²) in [6.07, 6.45) is 0. The van der Waals surface area contributed by atoms with Gasteiger partial charge in [0.05, 0.1) is 18.1 Å². The van der Waals surface area contributed by atoms with Crippen LogP contribution in [0, 0.1) is 11.6 Å². The number of amides is 2. The third kappa shape index (κ3) is 4.95. The number of anilines is 1. The van der Waals surface area contributed by atoms with Crippen LogP contribution in [0.4, 0.5) is 19.3 Å². The first-order valence-corrected chi connectivity index (χ1v) is 9.89. The van der Waals surface area contributed by atoms with Gasteiger partial charge in [0.15, 0.2) is 5.78 Å². The van der Waals surface area contributed by atoms with Gasteiger partial charge < -0.3 is 15.5 Å². The fourth-order valence-corrected chi connectivity index (χ4v) is 3.40. The Morgan fingerprint density at radius 2 is 1.77 bits per heavy atom. The Morgan fingerprint density at radius 3 is 2.37 bits per heavy atom. The van der Waals surface area contributed by atoms with Crippen LogP contribution in [0.15, 0.2) is 36.4 Å². The van der Waals surface area contributed by atoms with Crippen LogP contribution in [0.1, 0.15) is 15.9 Å². The SMILES string of the molecule is CN1CCN(C(=O)N(Cc2ccc(C(=O)CN)cc2F)c2ccc(F)c(Cl)c2)CC1. The number of likely N-dealkylation sites (N-methyl/N-ethyl adjacent to an activating group) is 1. The number of benzene rings is 2.